The summed E-state index contributed by atoms with van der Waals surface area (Å²) in [6.45, 7) is 0.653. The van der Waals surface area contributed by atoms with E-state index in [-0.39, 0.29) is 0 Å². The lowest BCUT2D eigenvalue weighted by Crippen LogP contribution is -2.07. The molecule has 2 rings (SSSR count). The summed E-state index contributed by atoms with van der Waals surface area (Å²) < 4.78 is 5.90. The van der Waals surface area contributed by atoms with Crippen LogP contribution in [0, 0.1) is 0 Å². The number of aldehydes is 1. The van der Waals surface area contributed by atoms with E-state index >= 15 is 0 Å². The largest absolute Gasteiger partial charge is 0.457 e. The standard InChI is InChI=1S/C16H17NO2S/c1-17-10-13-9-12(11-18)3-8-16(13)19-14-4-6-15(20-2)7-5-14/h3-9,11,17H,10H2,1-2H3. The van der Waals surface area contributed by atoms with Gasteiger partial charge < -0.3 is 10.1 Å². The number of carbonyl (C=O) groups is 1. The highest BCUT2D eigenvalue weighted by atomic mass is 32.2. The highest BCUT2D eigenvalue weighted by Crippen LogP contribution is 2.27. The third-order valence-electron chi connectivity index (χ3n) is 2.88. The average molecular weight is 287 g/mol. The maximum Gasteiger partial charge on any atom is 0.150 e. The summed E-state index contributed by atoms with van der Waals surface area (Å²) in [5.74, 6) is 1.56. The van der Waals surface area contributed by atoms with Crippen molar-refractivity contribution in [1.29, 1.82) is 0 Å². The van der Waals surface area contributed by atoms with Crippen molar-refractivity contribution in [2.24, 2.45) is 0 Å². The summed E-state index contributed by atoms with van der Waals surface area (Å²) in [4.78, 5) is 12.0. The zero-order valence-electron chi connectivity index (χ0n) is 11.6. The van der Waals surface area contributed by atoms with Gasteiger partial charge in [0.15, 0.2) is 0 Å². The molecule has 2 aromatic rings. The van der Waals surface area contributed by atoms with E-state index in [1.165, 1.54) is 4.90 Å². The van der Waals surface area contributed by atoms with E-state index in [9.17, 15) is 4.79 Å². The summed E-state index contributed by atoms with van der Waals surface area (Å²) >= 11 is 1.70. The van der Waals surface area contributed by atoms with Crippen molar-refractivity contribution in [1.82, 2.24) is 5.32 Å². The second-order valence-corrected chi connectivity index (χ2v) is 5.17. The molecule has 0 saturated carbocycles. The van der Waals surface area contributed by atoms with Gasteiger partial charge in [-0.15, -0.1) is 11.8 Å². The third kappa shape index (κ3) is 3.62. The van der Waals surface area contributed by atoms with Crippen LogP contribution in [0.3, 0.4) is 0 Å². The fraction of sp³-hybridized carbons (Fsp3) is 0.188. The molecule has 0 amide bonds. The van der Waals surface area contributed by atoms with Gasteiger partial charge in [-0.1, -0.05) is 0 Å². The number of rotatable bonds is 6. The number of hydrogen-bond acceptors (Lipinski definition) is 4. The molecular weight excluding hydrogens is 270 g/mol. The normalized spacial score (nSPS) is 10.3. The number of benzene rings is 2. The van der Waals surface area contributed by atoms with Gasteiger partial charge in [0.25, 0.3) is 0 Å². The lowest BCUT2D eigenvalue weighted by atomic mass is 10.1. The molecule has 0 fully saturated rings. The highest BCUT2D eigenvalue weighted by molar-refractivity contribution is 7.98. The average Bonchev–Trinajstić information content (AvgIpc) is 2.50. The first kappa shape index (κ1) is 14.6. The fourth-order valence-corrected chi connectivity index (χ4v) is 2.28. The van der Waals surface area contributed by atoms with Gasteiger partial charge >= 0.3 is 0 Å². The molecule has 0 aliphatic heterocycles. The molecule has 3 nitrogen and oxygen atoms in total. The van der Waals surface area contributed by atoms with Crippen LogP contribution in [0.25, 0.3) is 0 Å². The van der Waals surface area contributed by atoms with Crippen LogP contribution in [0.1, 0.15) is 15.9 Å². The van der Waals surface area contributed by atoms with Crippen LogP contribution < -0.4 is 10.1 Å². The molecule has 20 heavy (non-hydrogen) atoms. The van der Waals surface area contributed by atoms with Crippen LogP contribution in [-0.2, 0) is 6.54 Å². The Kier molecular flexibility index (Phi) is 5.21. The number of hydrogen-bond donors (Lipinski definition) is 1. The van der Waals surface area contributed by atoms with Crippen molar-refractivity contribution in [2.75, 3.05) is 13.3 Å². The van der Waals surface area contributed by atoms with Crippen molar-refractivity contribution in [3.8, 4) is 11.5 Å². The molecule has 0 aliphatic carbocycles. The number of nitrogens with one attached hydrogen (secondary N) is 1. The lowest BCUT2D eigenvalue weighted by Gasteiger charge is -2.12. The van der Waals surface area contributed by atoms with Crippen molar-refractivity contribution in [3.05, 3.63) is 53.6 Å². The molecule has 0 saturated heterocycles. The zero-order chi connectivity index (χ0) is 14.4. The monoisotopic (exact) mass is 287 g/mol. The first-order chi connectivity index (χ1) is 9.76. The Morgan fingerprint density at radius 2 is 1.95 bits per heavy atom. The molecule has 4 heteroatoms. The van der Waals surface area contributed by atoms with Crippen molar-refractivity contribution in [2.45, 2.75) is 11.4 Å². The van der Waals surface area contributed by atoms with Crippen molar-refractivity contribution < 1.29 is 9.53 Å². The maximum absolute atomic E-state index is 10.8. The van der Waals surface area contributed by atoms with Gasteiger partial charge in [-0.2, -0.15) is 0 Å². The van der Waals surface area contributed by atoms with Crippen LogP contribution in [-0.4, -0.2) is 19.6 Å². The Balaban J connectivity index is 2.24. The summed E-state index contributed by atoms with van der Waals surface area (Å²) in [7, 11) is 1.87. The van der Waals surface area contributed by atoms with Gasteiger partial charge in [0.2, 0.25) is 0 Å². The molecule has 0 aliphatic rings. The topological polar surface area (TPSA) is 38.3 Å². The predicted octanol–water partition coefficient (Wildman–Crippen LogP) is 3.73. The van der Waals surface area contributed by atoms with Crippen LogP contribution in [0.15, 0.2) is 47.4 Å². The molecule has 0 unspecified atom stereocenters. The van der Waals surface area contributed by atoms with Gasteiger partial charge in [-0.3, -0.25) is 4.79 Å². The Morgan fingerprint density at radius 3 is 2.55 bits per heavy atom. The first-order valence-corrected chi connectivity index (χ1v) is 7.54. The summed E-state index contributed by atoms with van der Waals surface area (Å²) in [5, 5.41) is 3.08. The predicted molar refractivity (Wildman–Crippen MR) is 82.9 cm³/mol. The molecule has 0 spiro atoms. The quantitative estimate of drug-likeness (QED) is 0.649. The maximum atomic E-state index is 10.8. The van der Waals surface area contributed by atoms with Gasteiger partial charge in [0.05, 0.1) is 0 Å². The lowest BCUT2D eigenvalue weighted by molar-refractivity contribution is 0.112. The molecule has 0 heterocycles. The van der Waals surface area contributed by atoms with E-state index < -0.39 is 0 Å². The zero-order valence-corrected chi connectivity index (χ0v) is 12.4. The summed E-state index contributed by atoms with van der Waals surface area (Å²) in [6.07, 6.45) is 2.88. The molecule has 0 bridgehead atoms. The first-order valence-electron chi connectivity index (χ1n) is 6.31. The Morgan fingerprint density at radius 1 is 1.20 bits per heavy atom. The van der Waals surface area contributed by atoms with Crippen LogP contribution in [0.5, 0.6) is 11.5 Å². The molecule has 0 radical (unpaired) electrons. The van der Waals surface area contributed by atoms with E-state index in [4.69, 9.17) is 4.74 Å². The summed E-state index contributed by atoms with van der Waals surface area (Å²) in [6, 6.07) is 13.4. The van der Waals surface area contributed by atoms with E-state index in [2.05, 4.69) is 5.32 Å². The molecule has 104 valence electrons. The van der Waals surface area contributed by atoms with Crippen LogP contribution in [0.4, 0.5) is 0 Å². The molecule has 2 aromatic carbocycles. The van der Waals surface area contributed by atoms with Gasteiger partial charge in [0, 0.05) is 22.6 Å². The number of thioether (sulfide) groups is 1. The van der Waals surface area contributed by atoms with Gasteiger partial charge in [-0.25, -0.2) is 0 Å². The van der Waals surface area contributed by atoms with Crippen LogP contribution in [0.2, 0.25) is 0 Å². The van der Waals surface area contributed by atoms with E-state index in [0.29, 0.717) is 12.1 Å². The SMILES string of the molecule is CNCc1cc(C=O)ccc1Oc1ccc(SC)cc1. The Labute approximate surface area is 123 Å². The molecule has 0 atom stereocenters. The van der Waals surface area contributed by atoms with Crippen molar-refractivity contribution in [3.63, 3.8) is 0 Å². The Bertz CT molecular complexity index is 582. The number of ether oxygens (including phenoxy) is 1. The molecular formula is C16H17NO2S. The molecule has 1 N–H and O–H groups in total. The Hall–Kier alpha value is -1.78. The van der Waals surface area contributed by atoms with E-state index in [1.807, 2.05) is 49.7 Å². The van der Waals surface area contributed by atoms with E-state index in [0.717, 1.165) is 23.3 Å². The summed E-state index contributed by atoms with van der Waals surface area (Å²) in [5.41, 5.74) is 1.62. The minimum Gasteiger partial charge on any atom is -0.457 e. The smallest absolute Gasteiger partial charge is 0.150 e. The molecule has 0 aromatic heterocycles. The number of carbonyl (C=O) groups excluding carboxylic acids is 1. The minimum atomic E-state index is 0.653. The fourth-order valence-electron chi connectivity index (χ4n) is 1.87. The van der Waals surface area contributed by atoms with Gasteiger partial charge in [0.1, 0.15) is 17.8 Å². The second-order valence-electron chi connectivity index (χ2n) is 4.29. The van der Waals surface area contributed by atoms with Gasteiger partial charge in [-0.05, 0) is 55.8 Å². The second kappa shape index (κ2) is 7.12. The van der Waals surface area contributed by atoms with E-state index in [1.54, 1.807) is 17.8 Å². The van der Waals surface area contributed by atoms with Crippen LogP contribution >= 0.6 is 11.8 Å². The van der Waals surface area contributed by atoms with Crippen molar-refractivity contribution >= 4 is 18.0 Å². The minimum absolute atomic E-state index is 0.653. The highest BCUT2D eigenvalue weighted by Gasteiger charge is 2.06. The third-order valence-corrected chi connectivity index (χ3v) is 3.62.